The summed E-state index contributed by atoms with van der Waals surface area (Å²) in [4.78, 5) is 24.9. The second-order valence-electron chi connectivity index (χ2n) is 6.23. The molecule has 8 nitrogen and oxygen atoms in total. The smallest absolute Gasteiger partial charge is 0.312 e. The minimum absolute atomic E-state index is 0.213. The average molecular weight is 368 g/mol. The molecule has 1 fully saturated rings. The van der Waals surface area contributed by atoms with E-state index in [0.717, 1.165) is 5.56 Å². The fourth-order valence-electron chi connectivity index (χ4n) is 2.82. The van der Waals surface area contributed by atoms with Gasteiger partial charge in [0.1, 0.15) is 6.04 Å². The Bertz CT molecular complexity index is 770. The van der Waals surface area contributed by atoms with Crippen molar-refractivity contribution in [2.24, 2.45) is 5.73 Å². The van der Waals surface area contributed by atoms with Crippen molar-refractivity contribution in [3.63, 3.8) is 0 Å². The van der Waals surface area contributed by atoms with Crippen LogP contribution < -0.4 is 11.1 Å². The van der Waals surface area contributed by atoms with Gasteiger partial charge in [0.2, 0.25) is 15.9 Å². The van der Waals surface area contributed by atoms with Crippen LogP contribution in [0.5, 0.6) is 0 Å². The lowest BCUT2D eigenvalue weighted by Gasteiger charge is -2.35. The first-order valence-corrected chi connectivity index (χ1v) is 9.49. The number of amides is 3. The molecule has 138 valence electrons. The summed E-state index contributed by atoms with van der Waals surface area (Å²) < 4.78 is 27.1. The number of hydrogen-bond acceptors (Lipinski definition) is 4. The van der Waals surface area contributed by atoms with Gasteiger partial charge in [0.05, 0.1) is 4.90 Å². The van der Waals surface area contributed by atoms with Crippen molar-refractivity contribution < 1.29 is 18.0 Å². The number of nitrogens with one attached hydrogen (secondary N) is 1. The van der Waals surface area contributed by atoms with Crippen molar-refractivity contribution in [3.05, 3.63) is 29.3 Å². The number of nitrogens with zero attached hydrogens (tertiary/aromatic N) is 2. The molecule has 1 aliphatic rings. The van der Waals surface area contributed by atoms with Crippen LogP contribution in [0.2, 0.25) is 0 Å². The first-order valence-electron chi connectivity index (χ1n) is 8.05. The van der Waals surface area contributed by atoms with Gasteiger partial charge in [0, 0.05) is 26.2 Å². The summed E-state index contributed by atoms with van der Waals surface area (Å²) in [5.74, 6) is -0.275. The summed E-state index contributed by atoms with van der Waals surface area (Å²) in [7, 11) is -3.60. The minimum Gasteiger partial charge on any atom is -0.352 e. The summed E-state index contributed by atoms with van der Waals surface area (Å²) in [6.45, 7) is 6.13. The Kier molecular flexibility index (Phi) is 5.69. The zero-order valence-electron chi connectivity index (χ0n) is 14.7. The summed E-state index contributed by atoms with van der Waals surface area (Å²) >= 11 is 0. The highest BCUT2D eigenvalue weighted by Gasteiger charge is 2.32. The lowest BCUT2D eigenvalue weighted by molar-refractivity contribution is -0.133. The lowest BCUT2D eigenvalue weighted by atomic mass is 10.2. The zero-order valence-corrected chi connectivity index (χ0v) is 15.5. The number of aryl methyl sites for hydroxylation is 2. The third-order valence-corrected chi connectivity index (χ3v) is 6.28. The van der Waals surface area contributed by atoms with E-state index in [1.165, 1.54) is 9.21 Å². The number of piperazine rings is 1. The van der Waals surface area contributed by atoms with E-state index < -0.39 is 22.1 Å². The molecule has 0 radical (unpaired) electrons. The molecule has 1 aliphatic heterocycles. The first kappa shape index (κ1) is 19.2. The van der Waals surface area contributed by atoms with Gasteiger partial charge in [-0.15, -0.1) is 0 Å². The number of carbonyl (C=O) groups excluding carboxylic acids is 2. The molecular weight excluding hydrogens is 344 g/mol. The Morgan fingerprint density at radius 2 is 1.76 bits per heavy atom. The summed E-state index contributed by atoms with van der Waals surface area (Å²) in [5.41, 5.74) is 6.60. The standard InChI is InChI=1S/C16H24N4O4S/c1-11-4-5-12(2)14(10-11)25(23,24)20-8-6-19(7-9-20)15(21)13(3)18-16(17)22/h4-5,10,13H,6-9H2,1-3H3,(H3,17,18,22). The van der Waals surface area contributed by atoms with Gasteiger partial charge < -0.3 is 16.0 Å². The Morgan fingerprint density at radius 3 is 2.32 bits per heavy atom. The van der Waals surface area contributed by atoms with Crippen LogP contribution in [0.3, 0.4) is 0 Å². The quantitative estimate of drug-likeness (QED) is 0.790. The van der Waals surface area contributed by atoms with Crippen molar-refractivity contribution in [2.45, 2.75) is 31.7 Å². The number of benzene rings is 1. The normalized spacial score (nSPS) is 17.2. The number of hydrogen-bond donors (Lipinski definition) is 2. The molecule has 1 atom stereocenters. The fraction of sp³-hybridized carbons (Fsp3) is 0.500. The molecule has 0 saturated carbocycles. The van der Waals surface area contributed by atoms with Crippen LogP contribution in [0.25, 0.3) is 0 Å². The van der Waals surface area contributed by atoms with E-state index in [1.807, 2.05) is 13.0 Å². The first-order chi connectivity index (χ1) is 11.6. The summed E-state index contributed by atoms with van der Waals surface area (Å²) in [6.07, 6.45) is 0. The second-order valence-corrected chi connectivity index (χ2v) is 8.13. The van der Waals surface area contributed by atoms with E-state index in [-0.39, 0.29) is 32.1 Å². The van der Waals surface area contributed by atoms with E-state index in [0.29, 0.717) is 10.5 Å². The molecule has 1 heterocycles. The van der Waals surface area contributed by atoms with Gasteiger partial charge in [0.15, 0.2) is 0 Å². The van der Waals surface area contributed by atoms with Crippen LogP contribution in [0.4, 0.5) is 4.79 Å². The van der Waals surface area contributed by atoms with Crippen LogP contribution in [0, 0.1) is 13.8 Å². The third kappa shape index (κ3) is 4.29. The molecule has 9 heteroatoms. The molecule has 3 amide bonds. The highest BCUT2D eigenvalue weighted by Crippen LogP contribution is 2.22. The molecule has 0 bridgehead atoms. The van der Waals surface area contributed by atoms with E-state index in [4.69, 9.17) is 5.73 Å². The van der Waals surface area contributed by atoms with Crippen LogP contribution in [0.15, 0.2) is 23.1 Å². The highest BCUT2D eigenvalue weighted by atomic mass is 32.2. The van der Waals surface area contributed by atoms with Crippen LogP contribution in [-0.2, 0) is 14.8 Å². The van der Waals surface area contributed by atoms with Crippen molar-refractivity contribution in [2.75, 3.05) is 26.2 Å². The van der Waals surface area contributed by atoms with Gasteiger partial charge in [-0.1, -0.05) is 12.1 Å². The van der Waals surface area contributed by atoms with Crippen LogP contribution >= 0.6 is 0 Å². The average Bonchev–Trinajstić information content (AvgIpc) is 2.55. The summed E-state index contributed by atoms with van der Waals surface area (Å²) in [5, 5.41) is 2.34. The maximum absolute atomic E-state index is 12.9. The predicted molar refractivity (Wildman–Crippen MR) is 93.4 cm³/mol. The van der Waals surface area contributed by atoms with Crippen molar-refractivity contribution >= 4 is 22.0 Å². The van der Waals surface area contributed by atoms with Gasteiger partial charge in [0.25, 0.3) is 0 Å². The Hall–Kier alpha value is -2.13. The van der Waals surface area contributed by atoms with Gasteiger partial charge in [-0.2, -0.15) is 4.31 Å². The molecule has 2 rings (SSSR count). The maximum atomic E-state index is 12.9. The second kappa shape index (κ2) is 7.40. The van der Waals surface area contributed by atoms with Crippen molar-refractivity contribution in [1.29, 1.82) is 0 Å². The molecule has 0 aliphatic carbocycles. The van der Waals surface area contributed by atoms with Crippen LogP contribution in [0.1, 0.15) is 18.1 Å². The van der Waals surface area contributed by atoms with E-state index in [9.17, 15) is 18.0 Å². The molecule has 0 aromatic heterocycles. The van der Waals surface area contributed by atoms with Gasteiger partial charge >= 0.3 is 6.03 Å². The molecule has 1 unspecified atom stereocenters. The molecule has 0 spiro atoms. The van der Waals surface area contributed by atoms with Crippen molar-refractivity contribution in [3.8, 4) is 0 Å². The lowest BCUT2D eigenvalue weighted by Crippen LogP contribution is -2.55. The molecule has 1 aromatic rings. The van der Waals surface area contributed by atoms with Gasteiger partial charge in [-0.25, -0.2) is 13.2 Å². The third-order valence-electron chi connectivity index (χ3n) is 4.24. The minimum atomic E-state index is -3.60. The van der Waals surface area contributed by atoms with Gasteiger partial charge in [-0.3, -0.25) is 4.79 Å². The van der Waals surface area contributed by atoms with Crippen LogP contribution in [-0.4, -0.2) is 61.8 Å². The number of primary amides is 1. The van der Waals surface area contributed by atoms with Gasteiger partial charge in [-0.05, 0) is 38.0 Å². The monoisotopic (exact) mass is 368 g/mol. The SMILES string of the molecule is Cc1ccc(C)c(S(=O)(=O)N2CCN(C(=O)C(C)NC(N)=O)CC2)c1. The largest absolute Gasteiger partial charge is 0.352 e. The number of carbonyl (C=O) groups is 2. The Morgan fingerprint density at radius 1 is 1.16 bits per heavy atom. The molecular formula is C16H24N4O4S. The summed E-state index contributed by atoms with van der Waals surface area (Å²) in [6, 6.07) is 3.83. The molecule has 1 saturated heterocycles. The Labute approximate surface area is 148 Å². The topological polar surface area (TPSA) is 113 Å². The number of urea groups is 1. The van der Waals surface area contributed by atoms with E-state index in [1.54, 1.807) is 26.0 Å². The van der Waals surface area contributed by atoms with Crippen molar-refractivity contribution in [1.82, 2.24) is 14.5 Å². The maximum Gasteiger partial charge on any atom is 0.312 e. The number of rotatable bonds is 4. The molecule has 1 aromatic carbocycles. The number of sulfonamides is 1. The Balaban J connectivity index is 2.07. The molecule has 25 heavy (non-hydrogen) atoms. The molecule has 3 N–H and O–H groups in total. The highest BCUT2D eigenvalue weighted by molar-refractivity contribution is 7.89. The van der Waals surface area contributed by atoms with E-state index in [2.05, 4.69) is 5.32 Å². The predicted octanol–water partition coefficient (Wildman–Crippen LogP) is 0.193. The fourth-order valence-corrected chi connectivity index (χ4v) is 4.55. The number of nitrogens with two attached hydrogens (primary N) is 1. The van der Waals surface area contributed by atoms with E-state index >= 15 is 0 Å². The zero-order chi connectivity index (χ0) is 18.8.